The van der Waals surface area contributed by atoms with Crippen LogP contribution in [0.2, 0.25) is 0 Å². The molecule has 1 fully saturated rings. The van der Waals surface area contributed by atoms with Gasteiger partial charge in [0.1, 0.15) is 12.3 Å². The number of halogens is 3. The standard InChI is InChI=1S/C21H13F3N6O3/c22-21(23,24)13-7-15(9-25-8-13)28-12-19(31)30(20(28)32)14-1-3-16(4-2-14)33-17-10-26-18-5-6-27-29(18)11-17/h1-11H,12H2. The maximum atomic E-state index is 13.0. The lowest BCUT2D eigenvalue weighted by Gasteiger charge is -2.18. The van der Waals surface area contributed by atoms with Crippen LogP contribution < -0.4 is 14.5 Å². The van der Waals surface area contributed by atoms with Gasteiger partial charge in [-0.15, -0.1) is 0 Å². The van der Waals surface area contributed by atoms with Gasteiger partial charge < -0.3 is 4.74 Å². The molecule has 0 unspecified atom stereocenters. The number of benzene rings is 1. The van der Waals surface area contributed by atoms with Crippen molar-refractivity contribution in [2.45, 2.75) is 6.18 Å². The lowest BCUT2D eigenvalue weighted by Crippen LogP contribution is -2.33. The molecule has 3 aromatic heterocycles. The minimum Gasteiger partial charge on any atom is -0.454 e. The van der Waals surface area contributed by atoms with Gasteiger partial charge >= 0.3 is 12.2 Å². The Morgan fingerprint density at radius 2 is 1.73 bits per heavy atom. The Morgan fingerprint density at radius 3 is 2.48 bits per heavy atom. The van der Waals surface area contributed by atoms with Crippen molar-refractivity contribution < 1.29 is 27.5 Å². The van der Waals surface area contributed by atoms with Gasteiger partial charge in [0, 0.05) is 12.3 Å². The Kier molecular flexibility index (Phi) is 4.69. The molecular weight excluding hydrogens is 441 g/mol. The molecule has 0 bridgehead atoms. The number of carbonyl (C=O) groups is 2. The van der Waals surface area contributed by atoms with Gasteiger partial charge in [-0.05, 0) is 30.3 Å². The van der Waals surface area contributed by atoms with E-state index in [2.05, 4.69) is 15.1 Å². The molecule has 0 radical (unpaired) electrons. The van der Waals surface area contributed by atoms with Crippen LogP contribution in [-0.2, 0) is 11.0 Å². The van der Waals surface area contributed by atoms with Gasteiger partial charge in [0.25, 0.3) is 5.91 Å². The van der Waals surface area contributed by atoms with Crippen molar-refractivity contribution in [3.8, 4) is 11.5 Å². The number of aromatic nitrogens is 4. The van der Waals surface area contributed by atoms with E-state index in [1.54, 1.807) is 35.1 Å². The number of anilines is 2. The molecule has 1 aliphatic heterocycles. The van der Waals surface area contributed by atoms with Gasteiger partial charge in [0.2, 0.25) is 0 Å². The van der Waals surface area contributed by atoms with Crippen LogP contribution in [0.3, 0.4) is 0 Å². The lowest BCUT2D eigenvalue weighted by molar-refractivity contribution is -0.137. The Bertz CT molecular complexity index is 1370. The average molecular weight is 454 g/mol. The monoisotopic (exact) mass is 454 g/mol. The molecule has 9 nitrogen and oxygen atoms in total. The summed E-state index contributed by atoms with van der Waals surface area (Å²) in [7, 11) is 0. The summed E-state index contributed by atoms with van der Waals surface area (Å²) >= 11 is 0. The third-order valence-electron chi connectivity index (χ3n) is 4.88. The second kappa shape index (κ2) is 7.58. The largest absolute Gasteiger partial charge is 0.454 e. The molecule has 0 N–H and O–H groups in total. The zero-order valence-electron chi connectivity index (χ0n) is 16.6. The Labute approximate surface area is 183 Å². The fraction of sp³-hybridized carbons (Fsp3) is 0.0952. The molecule has 1 aromatic carbocycles. The highest BCUT2D eigenvalue weighted by Crippen LogP contribution is 2.33. The Hall–Kier alpha value is -4.48. The van der Waals surface area contributed by atoms with Gasteiger partial charge in [-0.2, -0.15) is 18.3 Å². The first kappa shape index (κ1) is 20.4. The van der Waals surface area contributed by atoms with Crippen LogP contribution in [0.4, 0.5) is 29.3 Å². The van der Waals surface area contributed by atoms with Crippen LogP contribution in [-0.4, -0.2) is 38.1 Å². The summed E-state index contributed by atoms with van der Waals surface area (Å²) in [6.07, 6.45) is 1.91. The number of ether oxygens (including phenoxy) is 1. The minimum atomic E-state index is -4.62. The number of hydrogen-bond donors (Lipinski definition) is 0. The van der Waals surface area contributed by atoms with Crippen molar-refractivity contribution in [2.75, 3.05) is 16.3 Å². The van der Waals surface area contributed by atoms with Crippen molar-refractivity contribution in [1.82, 2.24) is 19.6 Å². The fourth-order valence-corrected chi connectivity index (χ4v) is 3.33. The highest BCUT2D eigenvalue weighted by atomic mass is 19.4. The van der Waals surface area contributed by atoms with Crippen molar-refractivity contribution in [1.29, 1.82) is 0 Å². The summed E-state index contributed by atoms with van der Waals surface area (Å²) in [4.78, 5) is 34.9. The van der Waals surface area contributed by atoms with E-state index >= 15 is 0 Å². The van der Waals surface area contributed by atoms with Gasteiger partial charge in [0.15, 0.2) is 11.4 Å². The maximum Gasteiger partial charge on any atom is 0.417 e. The Balaban J connectivity index is 1.35. The number of rotatable bonds is 4. The molecule has 0 saturated carbocycles. The van der Waals surface area contributed by atoms with Crippen LogP contribution in [0, 0.1) is 0 Å². The number of imide groups is 1. The molecule has 4 heterocycles. The van der Waals surface area contributed by atoms with Crippen molar-refractivity contribution in [2.24, 2.45) is 0 Å². The molecule has 33 heavy (non-hydrogen) atoms. The van der Waals surface area contributed by atoms with Crippen molar-refractivity contribution >= 4 is 29.0 Å². The number of amides is 3. The first-order chi connectivity index (χ1) is 15.8. The topological polar surface area (TPSA) is 92.9 Å². The number of urea groups is 1. The second-order valence-corrected chi connectivity index (χ2v) is 7.05. The molecule has 166 valence electrons. The van der Waals surface area contributed by atoms with E-state index in [4.69, 9.17) is 4.74 Å². The predicted molar refractivity (Wildman–Crippen MR) is 109 cm³/mol. The highest BCUT2D eigenvalue weighted by Gasteiger charge is 2.39. The summed E-state index contributed by atoms with van der Waals surface area (Å²) in [5.74, 6) is 0.264. The number of alkyl halides is 3. The van der Waals surface area contributed by atoms with E-state index in [0.717, 1.165) is 22.1 Å². The van der Waals surface area contributed by atoms with E-state index in [0.29, 0.717) is 23.3 Å². The third kappa shape index (κ3) is 3.82. The maximum absolute atomic E-state index is 13.0. The van der Waals surface area contributed by atoms with Gasteiger partial charge in [-0.3, -0.25) is 14.7 Å². The molecular formula is C21H13F3N6O3. The zero-order valence-corrected chi connectivity index (χ0v) is 16.6. The number of hydrogen-bond acceptors (Lipinski definition) is 6. The van der Waals surface area contributed by atoms with E-state index < -0.39 is 30.2 Å². The molecule has 12 heteroatoms. The molecule has 0 atom stereocenters. The quantitative estimate of drug-likeness (QED) is 0.434. The van der Waals surface area contributed by atoms with E-state index in [1.165, 1.54) is 18.3 Å². The fourth-order valence-electron chi connectivity index (χ4n) is 3.33. The van der Waals surface area contributed by atoms with E-state index in [1.807, 2.05) is 0 Å². The molecule has 1 aliphatic rings. The van der Waals surface area contributed by atoms with Crippen LogP contribution in [0.25, 0.3) is 5.65 Å². The van der Waals surface area contributed by atoms with Gasteiger partial charge in [0.05, 0.1) is 41.7 Å². The number of pyridine rings is 1. The van der Waals surface area contributed by atoms with Gasteiger partial charge in [-0.1, -0.05) is 0 Å². The van der Waals surface area contributed by atoms with Crippen LogP contribution in [0.5, 0.6) is 11.5 Å². The van der Waals surface area contributed by atoms with Crippen molar-refractivity contribution in [3.05, 3.63) is 72.9 Å². The van der Waals surface area contributed by atoms with E-state index in [-0.39, 0.29) is 11.4 Å². The first-order valence-electron chi connectivity index (χ1n) is 9.53. The van der Waals surface area contributed by atoms with E-state index in [9.17, 15) is 22.8 Å². The highest BCUT2D eigenvalue weighted by molar-refractivity contribution is 6.26. The molecule has 4 aromatic rings. The van der Waals surface area contributed by atoms with Crippen molar-refractivity contribution in [3.63, 3.8) is 0 Å². The lowest BCUT2D eigenvalue weighted by atomic mass is 10.2. The predicted octanol–water partition coefficient (Wildman–Crippen LogP) is 3.91. The number of fused-ring (bicyclic) bond motifs is 1. The van der Waals surface area contributed by atoms with Gasteiger partial charge in [-0.25, -0.2) is 19.2 Å². The molecule has 0 aliphatic carbocycles. The Morgan fingerprint density at radius 1 is 0.939 bits per heavy atom. The number of carbonyl (C=O) groups excluding carboxylic acids is 2. The third-order valence-corrected chi connectivity index (χ3v) is 4.88. The summed E-state index contributed by atoms with van der Waals surface area (Å²) < 4.78 is 46.2. The smallest absolute Gasteiger partial charge is 0.417 e. The summed E-state index contributed by atoms with van der Waals surface area (Å²) in [5.41, 5.74) is -0.222. The van der Waals surface area contributed by atoms with Crippen LogP contribution in [0.15, 0.2) is 67.4 Å². The summed E-state index contributed by atoms with van der Waals surface area (Å²) in [6.45, 7) is -0.407. The number of nitrogens with zero attached hydrogens (tertiary/aromatic N) is 6. The normalized spacial score (nSPS) is 14.4. The molecule has 3 amide bonds. The summed E-state index contributed by atoms with van der Waals surface area (Å²) in [6, 6.07) is 7.85. The molecule has 5 rings (SSSR count). The average Bonchev–Trinajstić information content (AvgIpc) is 3.37. The zero-order chi connectivity index (χ0) is 23.2. The summed E-state index contributed by atoms with van der Waals surface area (Å²) in [5, 5.41) is 4.08. The SMILES string of the molecule is O=C1CN(c2cncc(C(F)(F)F)c2)C(=O)N1c1ccc(Oc2cnc3ccnn3c2)cc1. The first-order valence-corrected chi connectivity index (χ1v) is 9.53. The minimum absolute atomic E-state index is 0.118. The van der Waals surface area contributed by atoms with Crippen LogP contribution in [0.1, 0.15) is 5.56 Å². The molecule has 1 saturated heterocycles. The molecule has 0 spiro atoms. The second-order valence-electron chi connectivity index (χ2n) is 7.05. The van der Waals surface area contributed by atoms with Crippen LogP contribution >= 0.6 is 0 Å².